The molecule has 2 amide bonds. The minimum absolute atomic E-state index is 0.00423. The molecule has 1 aromatic carbocycles. The number of likely N-dealkylation sites (tertiary alicyclic amines) is 1. The topological polar surface area (TPSA) is 102 Å². The zero-order valence-electron chi connectivity index (χ0n) is 13.6. The molecule has 7 nitrogen and oxygen atoms in total. The van der Waals surface area contributed by atoms with Gasteiger partial charge in [0.25, 0.3) is 0 Å². The first-order chi connectivity index (χ1) is 12.1. The molecule has 0 radical (unpaired) electrons. The lowest BCUT2D eigenvalue weighted by Crippen LogP contribution is -2.33. The Hall–Kier alpha value is -2.96. The van der Waals surface area contributed by atoms with Crippen LogP contribution in [0, 0.1) is 11.8 Å². The first kappa shape index (κ1) is 16.9. The third-order valence-corrected chi connectivity index (χ3v) is 4.45. The molecule has 0 bridgehead atoms. The molecule has 2 N–H and O–H groups in total. The second-order valence-electron chi connectivity index (χ2n) is 6.04. The number of benzene rings is 1. The van der Waals surface area contributed by atoms with E-state index in [1.54, 1.807) is 24.3 Å². The van der Waals surface area contributed by atoms with Gasteiger partial charge in [0.1, 0.15) is 0 Å². The Morgan fingerprint density at radius 3 is 2.32 bits per heavy atom. The summed E-state index contributed by atoms with van der Waals surface area (Å²) in [6, 6.07) is 8.89. The van der Waals surface area contributed by atoms with E-state index in [0.717, 1.165) is 4.90 Å². The average Bonchev–Trinajstić information content (AvgIpc) is 2.89. The van der Waals surface area contributed by atoms with Crippen LogP contribution in [-0.4, -0.2) is 35.1 Å². The molecule has 25 heavy (non-hydrogen) atoms. The number of amides is 2. The first-order valence-electron chi connectivity index (χ1n) is 8.17. The maximum atomic E-state index is 12.3. The number of allylic oxidation sites excluding steroid dienone is 2. The Bertz CT molecular complexity index is 716. The number of oxime groups is 1. The molecule has 1 aromatic rings. The Morgan fingerprint density at radius 2 is 1.72 bits per heavy atom. The summed E-state index contributed by atoms with van der Waals surface area (Å²) < 4.78 is 0. The maximum absolute atomic E-state index is 12.3. The third kappa shape index (κ3) is 3.60. The number of rotatable bonds is 5. The summed E-state index contributed by atoms with van der Waals surface area (Å²) in [7, 11) is 0. The molecule has 2 aliphatic rings. The van der Waals surface area contributed by atoms with Crippen molar-refractivity contribution in [3.8, 4) is 0 Å². The number of imide groups is 1. The van der Waals surface area contributed by atoms with Crippen molar-refractivity contribution < 1.29 is 19.2 Å². The Balaban J connectivity index is 1.53. The van der Waals surface area contributed by atoms with E-state index in [0.29, 0.717) is 18.4 Å². The highest BCUT2D eigenvalue weighted by Crippen LogP contribution is 2.34. The molecule has 1 aliphatic heterocycles. The number of hydrogen-bond donors (Lipinski definition) is 1. The van der Waals surface area contributed by atoms with E-state index in [2.05, 4.69) is 5.16 Å². The molecule has 7 heteroatoms. The van der Waals surface area contributed by atoms with Gasteiger partial charge in [-0.3, -0.25) is 14.5 Å². The predicted octanol–water partition coefficient (Wildman–Crippen LogP) is 1.19. The van der Waals surface area contributed by atoms with Gasteiger partial charge in [-0.15, -0.1) is 0 Å². The van der Waals surface area contributed by atoms with Crippen LogP contribution in [0.5, 0.6) is 0 Å². The number of nitrogens with zero attached hydrogens (tertiary/aromatic N) is 2. The van der Waals surface area contributed by atoms with Crippen molar-refractivity contribution in [1.82, 2.24) is 4.90 Å². The average molecular weight is 341 g/mol. The summed E-state index contributed by atoms with van der Waals surface area (Å²) in [6.07, 6.45) is 4.88. The lowest BCUT2D eigenvalue weighted by atomic mass is 9.85. The molecule has 2 atom stereocenters. The van der Waals surface area contributed by atoms with Crippen molar-refractivity contribution in [2.45, 2.75) is 19.3 Å². The van der Waals surface area contributed by atoms with Gasteiger partial charge in [-0.2, -0.15) is 0 Å². The van der Waals surface area contributed by atoms with E-state index in [-0.39, 0.29) is 42.5 Å². The van der Waals surface area contributed by atoms with Gasteiger partial charge in [0.2, 0.25) is 11.8 Å². The van der Waals surface area contributed by atoms with E-state index in [1.807, 2.05) is 18.2 Å². The van der Waals surface area contributed by atoms with E-state index in [9.17, 15) is 14.4 Å². The minimum atomic E-state index is -0.646. The lowest BCUT2D eigenvalue weighted by molar-refractivity contribution is -0.145. The smallest absolute Gasteiger partial charge is 0.336 e. The Morgan fingerprint density at radius 1 is 1.12 bits per heavy atom. The van der Waals surface area contributed by atoms with Crippen LogP contribution in [-0.2, 0) is 19.2 Å². The van der Waals surface area contributed by atoms with Gasteiger partial charge in [0, 0.05) is 12.1 Å². The predicted molar refractivity (Wildman–Crippen MR) is 89.9 cm³/mol. The van der Waals surface area contributed by atoms with Gasteiger partial charge in [0.05, 0.1) is 18.3 Å². The normalized spacial score (nSPS) is 22.9. The summed E-state index contributed by atoms with van der Waals surface area (Å²) in [5.41, 5.74) is 6.37. The molecule has 0 aromatic heterocycles. The van der Waals surface area contributed by atoms with Gasteiger partial charge in [0.15, 0.2) is 5.84 Å². The highest BCUT2D eigenvalue weighted by molar-refractivity contribution is 6.05. The van der Waals surface area contributed by atoms with Crippen LogP contribution in [0.1, 0.15) is 24.8 Å². The fourth-order valence-electron chi connectivity index (χ4n) is 3.10. The summed E-state index contributed by atoms with van der Waals surface area (Å²) in [5, 5.41) is 3.60. The van der Waals surface area contributed by atoms with Gasteiger partial charge < -0.3 is 10.6 Å². The molecular formula is C18H19N3O4. The molecular weight excluding hydrogens is 322 g/mol. The monoisotopic (exact) mass is 341 g/mol. The fourth-order valence-corrected chi connectivity index (χ4v) is 3.10. The molecule has 0 unspecified atom stereocenters. The van der Waals surface area contributed by atoms with Crippen LogP contribution in [0.4, 0.5) is 0 Å². The SMILES string of the molecule is N/C(=N/OC(=O)CCN1C(=O)[C@H]2CC=CC[C@@H]2C1=O)c1ccccc1. The second kappa shape index (κ2) is 7.29. The molecule has 1 saturated heterocycles. The number of fused-ring (bicyclic) bond motifs is 1. The number of hydrogen-bond acceptors (Lipinski definition) is 5. The molecule has 3 rings (SSSR count). The summed E-state index contributed by atoms with van der Waals surface area (Å²) in [4.78, 5) is 42.3. The molecule has 0 spiro atoms. The number of carbonyl (C=O) groups is 3. The van der Waals surface area contributed by atoms with Gasteiger partial charge >= 0.3 is 5.97 Å². The Labute approximate surface area is 145 Å². The van der Waals surface area contributed by atoms with Crippen molar-refractivity contribution >= 4 is 23.6 Å². The van der Waals surface area contributed by atoms with Crippen LogP contribution in [0.2, 0.25) is 0 Å². The van der Waals surface area contributed by atoms with Gasteiger partial charge in [-0.25, -0.2) is 4.79 Å². The number of carbonyl (C=O) groups excluding carboxylic acids is 3. The van der Waals surface area contributed by atoms with Gasteiger partial charge in [-0.1, -0.05) is 47.6 Å². The van der Waals surface area contributed by atoms with Crippen molar-refractivity contribution in [2.24, 2.45) is 22.7 Å². The largest absolute Gasteiger partial charge is 0.380 e. The zero-order chi connectivity index (χ0) is 17.8. The number of nitrogens with two attached hydrogens (primary N) is 1. The van der Waals surface area contributed by atoms with E-state index in [1.165, 1.54) is 0 Å². The first-order valence-corrected chi connectivity index (χ1v) is 8.17. The summed E-state index contributed by atoms with van der Waals surface area (Å²) in [6.45, 7) is 0.00423. The van der Waals surface area contributed by atoms with Crippen molar-refractivity contribution in [2.75, 3.05) is 6.54 Å². The van der Waals surface area contributed by atoms with Crippen molar-refractivity contribution in [1.29, 1.82) is 0 Å². The lowest BCUT2D eigenvalue weighted by Gasteiger charge is -2.14. The standard InChI is InChI=1S/C18H19N3O4/c19-16(12-6-2-1-3-7-12)20-25-15(22)10-11-21-17(23)13-8-4-5-9-14(13)18(21)24/h1-7,13-14H,8-11H2,(H2,19,20)/t13-,14-/m0/s1. The summed E-state index contributed by atoms with van der Waals surface area (Å²) >= 11 is 0. The molecule has 1 fully saturated rings. The fraction of sp³-hybridized carbons (Fsp3) is 0.333. The van der Waals surface area contributed by atoms with Crippen LogP contribution in [0.25, 0.3) is 0 Å². The van der Waals surface area contributed by atoms with Crippen LogP contribution in [0.15, 0.2) is 47.6 Å². The van der Waals surface area contributed by atoms with Crippen molar-refractivity contribution in [3.05, 3.63) is 48.0 Å². The maximum Gasteiger partial charge on any atom is 0.336 e. The minimum Gasteiger partial charge on any atom is -0.380 e. The third-order valence-electron chi connectivity index (χ3n) is 4.45. The Kier molecular flexibility index (Phi) is 4.92. The molecule has 1 heterocycles. The second-order valence-corrected chi connectivity index (χ2v) is 6.04. The molecule has 130 valence electrons. The molecule has 1 aliphatic carbocycles. The van der Waals surface area contributed by atoms with E-state index in [4.69, 9.17) is 10.6 Å². The van der Waals surface area contributed by atoms with E-state index < -0.39 is 5.97 Å². The number of amidine groups is 1. The van der Waals surface area contributed by atoms with Crippen LogP contribution >= 0.6 is 0 Å². The quantitative estimate of drug-likeness (QED) is 0.216. The van der Waals surface area contributed by atoms with Crippen LogP contribution < -0.4 is 5.73 Å². The highest BCUT2D eigenvalue weighted by Gasteiger charge is 2.46. The van der Waals surface area contributed by atoms with E-state index >= 15 is 0 Å². The van der Waals surface area contributed by atoms with Crippen molar-refractivity contribution in [3.63, 3.8) is 0 Å². The van der Waals surface area contributed by atoms with Gasteiger partial charge in [-0.05, 0) is 12.8 Å². The highest BCUT2D eigenvalue weighted by atomic mass is 16.7. The van der Waals surface area contributed by atoms with Crippen LogP contribution in [0.3, 0.4) is 0 Å². The molecule has 0 saturated carbocycles. The summed E-state index contributed by atoms with van der Waals surface area (Å²) in [5.74, 6) is -1.56. The zero-order valence-corrected chi connectivity index (χ0v) is 13.6.